The second-order valence-corrected chi connectivity index (χ2v) is 6.48. The van der Waals surface area contributed by atoms with Crippen LogP contribution < -0.4 is 5.32 Å². The molecule has 3 aromatic rings. The molecule has 0 radical (unpaired) electrons. The normalized spacial score (nSPS) is 20.3. The molecule has 0 unspecified atom stereocenters. The van der Waals surface area contributed by atoms with Crippen LogP contribution in [-0.4, -0.2) is 31.7 Å². The first-order valence-corrected chi connectivity index (χ1v) is 8.69. The van der Waals surface area contributed by atoms with E-state index in [9.17, 15) is 4.79 Å². The van der Waals surface area contributed by atoms with Crippen LogP contribution in [0.25, 0.3) is 11.4 Å². The van der Waals surface area contributed by atoms with Gasteiger partial charge in [-0.25, -0.2) is 4.98 Å². The maximum Gasteiger partial charge on any atom is 0.251 e. The highest BCUT2D eigenvalue weighted by atomic mass is 16.1. The van der Waals surface area contributed by atoms with Gasteiger partial charge in [-0.3, -0.25) is 9.48 Å². The molecular formula is C19H21N5O. The molecule has 0 bridgehead atoms. The van der Waals surface area contributed by atoms with Crippen LogP contribution in [0.3, 0.4) is 0 Å². The number of hydrogen-bond acceptors (Lipinski definition) is 3. The molecule has 4 rings (SSSR count). The number of hydrogen-bond donors (Lipinski definition) is 2. The molecule has 1 aliphatic carbocycles. The number of amides is 1. The molecule has 0 spiro atoms. The Kier molecular flexibility index (Phi) is 4.33. The van der Waals surface area contributed by atoms with Crippen molar-refractivity contribution in [1.29, 1.82) is 0 Å². The van der Waals surface area contributed by atoms with E-state index in [1.165, 1.54) is 0 Å². The zero-order valence-electron chi connectivity index (χ0n) is 13.9. The third kappa shape index (κ3) is 3.47. The lowest BCUT2D eigenvalue weighted by Crippen LogP contribution is -2.38. The zero-order chi connectivity index (χ0) is 17.1. The molecule has 6 nitrogen and oxygen atoms in total. The first-order chi connectivity index (χ1) is 12.3. The number of carbonyl (C=O) groups is 1. The fourth-order valence-electron chi connectivity index (χ4n) is 3.45. The first kappa shape index (κ1) is 15.6. The molecule has 2 aromatic heterocycles. The molecule has 128 valence electrons. The molecule has 1 aliphatic rings. The molecule has 2 N–H and O–H groups in total. The van der Waals surface area contributed by atoms with Gasteiger partial charge in [-0.15, -0.1) is 0 Å². The second kappa shape index (κ2) is 6.93. The van der Waals surface area contributed by atoms with Crippen molar-refractivity contribution in [1.82, 2.24) is 25.1 Å². The molecule has 2 heterocycles. The number of rotatable bonds is 4. The standard InChI is InChI=1S/C19H21N5O/c25-19(15-4-2-14(3-5-15)18-20-11-12-21-18)23-16-6-8-17(9-7-16)24-13-1-10-22-24/h1-5,10-13,16-17H,6-9H2,(H,20,21)(H,23,25). The van der Waals surface area contributed by atoms with Crippen LogP contribution in [0.5, 0.6) is 0 Å². The van der Waals surface area contributed by atoms with E-state index in [-0.39, 0.29) is 11.9 Å². The van der Waals surface area contributed by atoms with Crippen LogP contribution in [0.1, 0.15) is 42.1 Å². The van der Waals surface area contributed by atoms with Crippen molar-refractivity contribution in [3.05, 3.63) is 60.7 Å². The van der Waals surface area contributed by atoms with Gasteiger partial charge in [0.25, 0.3) is 5.91 Å². The summed E-state index contributed by atoms with van der Waals surface area (Å²) in [5.41, 5.74) is 1.66. The Morgan fingerprint density at radius 3 is 2.56 bits per heavy atom. The van der Waals surface area contributed by atoms with E-state index in [4.69, 9.17) is 0 Å². The van der Waals surface area contributed by atoms with Gasteiger partial charge in [-0.1, -0.05) is 12.1 Å². The van der Waals surface area contributed by atoms with Crippen LogP contribution in [0.15, 0.2) is 55.1 Å². The summed E-state index contributed by atoms with van der Waals surface area (Å²) in [6.07, 6.45) is 11.4. The highest BCUT2D eigenvalue weighted by Gasteiger charge is 2.23. The topological polar surface area (TPSA) is 75.6 Å². The van der Waals surface area contributed by atoms with Crippen molar-refractivity contribution in [3.63, 3.8) is 0 Å². The Bertz CT molecular complexity index is 800. The molecule has 1 fully saturated rings. The van der Waals surface area contributed by atoms with Crippen LogP contribution in [-0.2, 0) is 0 Å². The smallest absolute Gasteiger partial charge is 0.251 e. The summed E-state index contributed by atoms with van der Waals surface area (Å²) in [7, 11) is 0. The Morgan fingerprint density at radius 1 is 1.12 bits per heavy atom. The van der Waals surface area contributed by atoms with Gasteiger partial charge in [0.1, 0.15) is 5.82 Å². The predicted molar refractivity (Wildman–Crippen MR) is 95.0 cm³/mol. The second-order valence-electron chi connectivity index (χ2n) is 6.48. The first-order valence-electron chi connectivity index (χ1n) is 8.69. The summed E-state index contributed by atoms with van der Waals surface area (Å²) in [5.74, 6) is 0.803. The Morgan fingerprint density at radius 2 is 1.92 bits per heavy atom. The Hall–Kier alpha value is -2.89. The number of benzene rings is 1. The van der Waals surface area contributed by atoms with Gasteiger partial charge in [-0.2, -0.15) is 5.10 Å². The number of carbonyl (C=O) groups excluding carboxylic acids is 1. The minimum Gasteiger partial charge on any atom is -0.349 e. The van der Waals surface area contributed by atoms with Crippen LogP contribution in [0.2, 0.25) is 0 Å². The van der Waals surface area contributed by atoms with E-state index in [0.717, 1.165) is 37.1 Å². The predicted octanol–water partition coefficient (Wildman–Crippen LogP) is 3.19. The maximum absolute atomic E-state index is 12.5. The van der Waals surface area contributed by atoms with Gasteiger partial charge in [0.15, 0.2) is 0 Å². The van der Waals surface area contributed by atoms with Crippen LogP contribution >= 0.6 is 0 Å². The van der Waals surface area contributed by atoms with E-state index in [2.05, 4.69) is 20.4 Å². The van der Waals surface area contributed by atoms with E-state index >= 15 is 0 Å². The highest BCUT2D eigenvalue weighted by molar-refractivity contribution is 5.94. The number of nitrogens with zero attached hydrogens (tertiary/aromatic N) is 3. The molecule has 6 heteroatoms. The average molecular weight is 335 g/mol. The Balaban J connectivity index is 1.33. The third-order valence-corrected chi connectivity index (χ3v) is 4.85. The molecular weight excluding hydrogens is 314 g/mol. The van der Waals surface area contributed by atoms with Crippen molar-refractivity contribution in [3.8, 4) is 11.4 Å². The van der Waals surface area contributed by atoms with Gasteiger partial charge in [0.05, 0.1) is 6.04 Å². The summed E-state index contributed by atoms with van der Waals surface area (Å²) in [5, 5.41) is 7.49. The summed E-state index contributed by atoms with van der Waals surface area (Å²) in [6.45, 7) is 0. The molecule has 25 heavy (non-hydrogen) atoms. The molecule has 1 aromatic carbocycles. The number of aromatic nitrogens is 4. The van der Waals surface area contributed by atoms with Crippen molar-refractivity contribution >= 4 is 5.91 Å². The lowest BCUT2D eigenvalue weighted by molar-refractivity contribution is 0.0921. The molecule has 0 saturated heterocycles. The van der Waals surface area contributed by atoms with E-state index < -0.39 is 0 Å². The van der Waals surface area contributed by atoms with Crippen molar-refractivity contribution in [2.75, 3.05) is 0 Å². The maximum atomic E-state index is 12.5. The van der Waals surface area contributed by atoms with Gasteiger partial charge < -0.3 is 10.3 Å². The van der Waals surface area contributed by atoms with Gasteiger partial charge in [0, 0.05) is 42.0 Å². The van der Waals surface area contributed by atoms with Crippen LogP contribution in [0, 0.1) is 0 Å². The van der Waals surface area contributed by atoms with E-state index in [0.29, 0.717) is 11.6 Å². The summed E-state index contributed by atoms with van der Waals surface area (Å²) in [4.78, 5) is 19.8. The van der Waals surface area contributed by atoms with Gasteiger partial charge >= 0.3 is 0 Å². The van der Waals surface area contributed by atoms with E-state index in [1.54, 1.807) is 12.4 Å². The molecule has 1 amide bonds. The summed E-state index contributed by atoms with van der Waals surface area (Å²) < 4.78 is 2.03. The minimum atomic E-state index is -0.00599. The third-order valence-electron chi connectivity index (χ3n) is 4.85. The van der Waals surface area contributed by atoms with Crippen molar-refractivity contribution in [2.45, 2.75) is 37.8 Å². The lowest BCUT2D eigenvalue weighted by atomic mass is 9.91. The fourth-order valence-corrected chi connectivity index (χ4v) is 3.45. The number of nitrogens with one attached hydrogen (secondary N) is 2. The zero-order valence-corrected chi connectivity index (χ0v) is 13.9. The minimum absolute atomic E-state index is 0.00599. The number of H-pyrrole nitrogens is 1. The summed E-state index contributed by atoms with van der Waals surface area (Å²) in [6, 6.07) is 10.2. The van der Waals surface area contributed by atoms with Gasteiger partial charge in [-0.05, 0) is 43.9 Å². The van der Waals surface area contributed by atoms with Crippen LogP contribution in [0.4, 0.5) is 0 Å². The number of aromatic amines is 1. The largest absolute Gasteiger partial charge is 0.349 e. The van der Waals surface area contributed by atoms with Gasteiger partial charge in [0.2, 0.25) is 0 Å². The van der Waals surface area contributed by atoms with E-state index in [1.807, 2.05) is 47.4 Å². The lowest BCUT2D eigenvalue weighted by Gasteiger charge is -2.29. The SMILES string of the molecule is O=C(NC1CCC(n2cccn2)CC1)c1ccc(-c2ncc[nH]2)cc1. The fraction of sp³-hybridized carbons (Fsp3) is 0.316. The molecule has 1 saturated carbocycles. The average Bonchev–Trinajstić information content (AvgIpc) is 3.36. The number of imidazole rings is 1. The summed E-state index contributed by atoms with van der Waals surface area (Å²) >= 11 is 0. The monoisotopic (exact) mass is 335 g/mol. The van der Waals surface area contributed by atoms with Crippen molar-refractivity contribution in [2.24, 2.45) is 0 Å². The Labute approximate surface area is 146 Å². The quantitative estimate of drug-likeness (QED) is 0.769. The highest BCUT2D eigenvalue weighted by Crippen LogP contribution is 2.28. The molecule has 0 aliphatic heterocycles. The molecule has 0 atom stereocenters. The van der Waals surface area contributed by atoms with Crippen molar-refractivity contribution < 1.29 is 4.79 Å².